The van der Waals surface area contributed by atoms with Gasteiger partial charge in [0.15, 0.2) is 6.61 Å². The van der Waals surface area contributed by atoms with Gasteiger partial charge in [-0.15, -0.1) is 6.58 Å². The number of amides is 3. The summed E-state index contributed by atoms with van der Waals surface area (Å²) in [5.74, 6) is -1.73. The van der Waals surface area contributed by atoms with Gasteiger partial charge in [0.25, 0.3) is 15.9 Å². The van der Waals surface area contributed by atoms with E-state index in [0.29, 0.717) is 5.69 Å². The second kappa shape index (κ2) is 10.2. The molecular formula is C20H21N3O6S. The van der Waals surface area contributed by atoms with Crippen LogP contribution in [0.3, 0.4) is 0 Å². The molecule has 0 saturated carbocycles. The molecule has 0 atom stereocenters. The van der Waals surface area contributed by atoms with Gasteiger partial charge in [-0.25, -0.2) is 18.0 Å². The predicted molar refractivity (Wildman–Crippen MR) is 110 cm³/mol. The van der Waals surface area contributed by atoms with Gasteiger partial charge in [-0.05, 0) is 30.3 Å². The van der Waals surface area contributed by atoms with E-state index in [1.54, 1.807) is 30.3 Å². The number of nitrogens with zero attached hydrogens (tertiary/aromatic N) is 1. The molecule has 0 bridgehead atoms. The topological polar surface area (TPSA) is 122 Å². The van der Waals surface area contributed by atoms with Crippen molar-refractivity contribution in [3.8, 4) is 0 Å². The molecule has 0 aromatic heterocycles. The number of rotatable bonds is 8. The third-order valence-electron chi connectivity index (χ3n) is 3.81. The van der Waals surface area contributed by atoms with Gasteiger partial charge in [0.2, 0.25) is 0 Å². The van der Waals surface area contributed by atoms with Crippen LogP contribution in [0.25, 0.3) is 0 Å². The Balaban J connectivity index is 2.22. The number of carbonyl (C=O) groups excluding carboxylic acids is 3. The van der Waals surface area contributed by atoms with Crippen LogP contribution in [0.5, 0.6) is 0 Å². The van der Waals surface area contributed by atoms with Crippen LogP contribution in [0.2, 0.25) is 0 Å². The fourth-order valence-electron chi connectivity index (χ4n) is 2.40. The lowest BCUT2D eigenvalue weighted by Gasteiger charge is -2.23. The molecule has 0 heterocycles. The lowest BCUT2D eigenvalue weighted by Crippen LogP contribution is -2.39. The molecule has 2 N–H and O–H groups in total. The van der Waals surface area contributed by atoms with Crippen molar-refractivity contribution in [2.45, 2.75) is 4.90 Å². The summed E-state index contributed by atoms with van der Waals surface area (Å²) < 4.78 is 32.3. The number of esters is 1. The Morgan fingerprint density at radius 2 is 1.80 bits per heavy atom. The molecule has 0 radical (unpaired) electrons. The van der Waals surface area contributed by atoms with E-state index >= 15 is 0 Å². The SMILES string of the molecule is C=CCN(c1ccccc1)S(=O)(=O)c1cccc(C(=O)OCC(=O)NC(=O)NC)c1. The minimum Gasteiger partial charge on any atom is -0.452 e. The van der Waals surface area contributed by atoms with Crippen molar-refractivity contribution in [1.82, 2.24) is 10.6 Å². The highest BCUT2D eigenvalue weighted by Crippen LogP contribution is 2.24. The number of benzene rings is 2. The molecule has 2 aromatic carbocycles. The Bertz CT molecular complexity index is 1040. The fraction of sp³-hybridized carbons (Fsp3) is 0.150. The largest absolute Gasteiger partial charge is 0.452 e. The summed E-state index contributed by atoms with van der Waals surface area (Å²) in [6, 6.07) is 13.0. The first-order valence-corrected chi connectivity index (χ1v) is 10.2. The van der Waals surface area contributed by atoms with Crippen molar-refractivity contribution in [3.63, 3.8) is 0 Å². The van der Waals surface area contributed by atoms with E-state index in [2.05, 4.69) is 11.9 Å². The number of hydrogen-bond donors (Lipinski definition) is 2. The summed E-state index contributed by atoms with van der Waals surface area (Å²) in [5, 5.41) is 4.12. The van der Waals surface area contributed by atoms with E-state index in [0.717, 1.165) is 10.4 Å². The van der Waals surface area contributed by atoms with Crippen LogP contribution in [0.15, 0.2) is 72.1 Å². The fourth-order valence-corrected chi connectivity index (χ4v) is 3.89. The van der Waals surface area contributed by atoms with Crippen LogP contribution < -0.4 is 14.9 Å². The molecule has 0 aliphatic rings. The van der Waals surface area contributed by atoms with Gasteiger partial charge in [-0.1, -0.05) is 30.3 Å². The average Bonchev–Trinajstić information content (AvgIpc) is 2.76. The number of imide groups is 1. The smallest absolute Gasteiger partial charge is 0.338 e. The standard InChI is InChI=1S/C20H21N3O6S/c1-3-12-23(16-9-5-4-6-10-16)30(27,28)17-11-7-8-15(13-17)19(25)29-14-18(24)22-20(26)21-2/h3-11,13H,1,12,14H2,2H3,(H2,21,22,24,26). The predicted octanol–water partition coefficient (Wildman–Crippen LogP) is 1.68. The Labute approximate surface area is 174 Å². The van der Waals surface area contributed by atoms with Crippen LogP contribution in [0.4, 0.5) is 10.5 Å². The number of anilines is 1. The molecule has 30 heavy (non-hydrogen) atoms. The maximum Gasteiger partial charge on any atom is 0.338 e. The monoisotopic (exact) mass is 431 g/mol. The Kier molecular flexibility index (Phi) is 7.70. The minimum absolute atomic E-state index is 0.0285. The first kappa shape index (κ1) is 22.6. The van der Waals surface area contributed by atoms with E-state index < -0.39 is 34.5 Å². The number of sulfonamides is 1. The van der Waals surface area contributed by atoms with Gasteiger partial charge in [-0.2, -0.15) is 0 Å². The first-order valence-electron chi connectivity index (χ1n) is 8.77. The molecule has 0 aliphatic carbocycles. The van der Waals surface area contributed by atoms with E-state index in [4.69, 9.17) is 4.74 Å². The maximum atomic E-state index is 13.1. The van der Waals surface area contributed by atoms with Crippen molar-refractivity contribution in [3.05, 3.63) is 72.8 Å². The highest BCUT2D eigenvalue weighted by Gasteiger charge is 2.25. The molecule has 158 valence electrons. The van der Waals surface area contributed by atoms with E-state index in [9.17, 15) is 22.8 Å². The molecular weight excluding hydrogens is 410 g/mol. The van der Waals surface area contributed by atoms with Crippen molar-refractivity contribution in [2.75, 3.05) is 24.5 Å². The second-order valence-electron chi connectivity index (χ2n) is 5.89. The maximum absolute atomic E-state index is 13.1. The van der Waals surface area contributed by atoms with E-state index in [1.165, 1.54) is 31.3 Å². The number of urea groups is 1. The van der Waals surface area contributed by atoms with Crippen molar-refractivity contribution >= 4 is 33.6 Å². The zero-order chi connectivity index (χ0) is 22.1. The van der Waals surface area contributed by atoms with Crippen LogP contribution in [0, 0.1) is 0 Å². The normalized spacial score (nSPS) is 10.6. The van der Waals surface area contributed by atoms with Crippen molar-refractivity contribution in [1.29, 1.82) is 0 Å². The van der Waals surface area contributed by atoms with Gasteiger partial charge < -0.3 is 10.1 Å². The van der Waals surface area contributed by atoms with E-state index in [1.807, 2.05) is 5.32 Å². The third-order valence-corrected chi connectivity index (χ3v) is 5.60. The van der Waals surface area contributed by atoms with Gasteiger partial charge >= 0.3 is 12.0 Å². The highest BCUT2D eigenvalue weighted by molar-refractivity contribution is 7.92. The van der Waals surface area contributed by atoms with Gasteiger partial charge in [0.1, 0.15) is 0 Å². The molecule has 0 saturated heterocycles. The van der Waals surface area contributed by atoms with Crippen LogP contribution >= 0.6 is 0 Å². The quantitative estimate of drug-likeness (QED) is 0.484. The zero-order valence-electron chi connectivity index (χ0n) is 16.2. The molecule has 0 spiro atoms. The lowest BCUT2D eigenvalue weighted by atomic mass is 10.2. The molecule has 2 rings (SSSR count). The molecule has 0 aliphatic heterocycles. The van der Waals surface area contributed by atoms with E-state index in [-0.39, 0.29) is 17.0 Å². The number of carbonyl (C=O) groups is 3. The minimum atomic E-state index is -4.00. The molecule has 2 aromatic rings. The molecule has 10 heteroatoms. The van der Waals surface area contributed by atoms with Crippen molar-refractivity contribution in [2.24, 2.45) is 0 Å². The third kappa shape index (κ3) is 5.67. The summed E-state index contributed by atoms with van der Waals surface area (Å²) in [6.07, 6.45) is 1.45. The summed E-state index contributed by atoms with van der Waals surface area (Å²) in [4.78, 5) is 34.7. The zero-order valence-corrected chi connectivity index (χ0v) is 17.0. The molecule has 3 amide bonds. The van der Waals surface area contributed by atoms with Crippen LogP contribution in [-0.4, -0.2) is 46.5 Å². The summed E-state index contributed by atoms with van der Waals surface area (Å²) in [7, 11) is -2.68. The lowest BCUT2D eigenvalue weighted by molar-refractivity contribution is -0.123. The average molecular weight is 431 g/mol. The van der Waals surface area contributed by atoms with Crippen LogP contribution in [0.1, 0.15) is 10.4 Å². The first-order chi connectivity index (χ1) is 14.3. The molecule has 9 nitrogen and oxygen atoms in total. The summed E-state index contributed by atoms with van der Waals surface area (Å²) in [5.41, 5.74) is 0.381. The molecule has 0 fully saturated rings. The molecule has 0 unspecified atom stereocenters. The summed E-state index contributed by atoms with van der Waals surface area (Å²) in [6.45, 7) is 2.93. The second-order valence-corrected chi connectivity index (χ2v) is 7.75. The summed E-state index contributed by atoms with van der Waals surface area (Å²) >= 11 is 0. The number of para-hydroxylation sites is 1. The number of ether oxygens (including phenoxy) is 1. The Morgan fingerprint density at radius 1 is 1.10 bits per heavy atom. The van der Waals surface area contributed by atoms with Crippen molar-refractivity contribution < 1.29 is 27.5 Å². The van der Waals surface area contributed by atoms with Gasteiger partial charge in [0.05, 0.1) is 22.7 Å². The highest BCUT2D eigenvalue weighted by atomic mass is 32.2. The number of hydrogen-bond acceptors (Lipinski definition) is 6. The Morgan fingerprint density at radius 3 is 2.43 bits per heavy atom. The van der Waals surface area contributed by atoms with Gasteiger partial charge in [-0.3, -0.25) is 14.4 Å². The Hall–Kier alpha value is -3.66. The van der Waals surface area contributed by atoms with Gasteiger partial charge in [0, 0.05) is 7.05 Å². The van der Waals surface area contributed by atoms with Crippen LogP contribution in [-0.2, 0) is 19.6 Å². The number of nitrogens with one attached hydrogen (secondary N) is 2.